The van der Waals surface area contributed by atoms with Crippen molar-refractivity contribution in [1.82, 2.24) is 9.78 Å². The number of hydrogen-bond donors (Lipinski definition) is 2. The lowest BCUT2D eigenvalue weighted by Gasteiger charge is -2.24. The molecule has 1 amide bonds. The average molecular weight is 387 g/mol. The smallest absolute Gasteiger partial charge is 0.312 e. The molecule has 0 spiro atoms. The number of hydrogen-bond acceptors (Lipinski definition) is 6. The molecule has 150 valence electrons. The summed E-state index contributed by atoms with van der Waals surface area (Å²) < 4.78 is 6.86. The molecule has 0 radical (unpaired) electrons. The van der Waals surface area contributed by atoms with Crippen LogP contribution in [0, 0.1) is 24.0 Å². The first-order valence-electron chi connectivity index (χ1n) is 9.36. The quantitative estimate of drug-likeness (QED) is 0.558. The van der Waals surface area contributed by atoms with Gasteiger partial charge in [-0.15, -0.1) is 0 Å². The Morgan fingerprint density at radius 1 is 1.25 bits per heavy atom. The fraction of sp³-hybridized carbons (Fsp3) is 0.474. The van der Waals surface area contributed by atoms with E-state index in [0.29, 0.717) is 23.1 Å². The fourth-order valence-electron chi connectivity index (χ4n) is 3.33. The minimum atomic E-state index is -0.440. The third-order valence-electron chi connectivity index (χ3n) is 4.84. The zero-order valence-electron chi connectivity index (χ0n) is 16.1. The van der Waals surface area contributed by atoms with E-state index in [1.54, 1.807) is 13.8 Å². The van der Waals surface area contributed by atoms with Crippen LogP contribution in [0.25, 0.3) is 0 Å². The molecule has 1 saturated heterocycles. The van der Waals surface area contributed by atoms with E-state index >= 15 is 0 Å². The predicted molar refractivity (Wildman–Crippen MR) is 106 cm³/mol. The van der Waals surface area contributed by atoms with Gasteiger partial charge in [0.15, 0.2) is 0 Å². The number of benzene rings is 1. The van der Waals surface area contributed by atoms with Crippen molar-refractivity contribution in [3.8, 4) is 0 Å². The highest BCUT2D eigenvalue weighted by Gasteiger charge is 2.21. The Morgan fingerprint density at radius 3 is 2.50 bits per heavy atom. The maximum atomic E-state index is 12.2. The zero-order valence-corrected chi connectivity index (χ0v) is 16.1. The van der Waals surface area contributed by atoms with Crippen LogP contribution in [0.5, 0.6) is 0 Å². The second-order valence-electron chi connectivity index (χ2n) is 6.91. The molecule has 28 heavy (non-hydrogen) atoms. The highest BCUT2D eigenvalue weighted by atomic mass is 16.6. The highest BCUT2D eigenvalue weighted by Crippen LogP contribution is 2.22. The molecule has 3 rings (SSSR count). The predicted octanol–water partition coefficient (Wildman–Crippen LogP) is 3.03. The first kappa shape index (κ1) is 19.8. The Kier molecular flexibility index (Phi) is 6.25. The Hall–Kier alpha value is -2.94. The monoisotopic (exact) mass is 387 g/mol. The Bertz CT molecular complexity index is 841. The highest BCUT2D eigenvalue weighted by molar-refractivity contribution is 5.90. The van der Waals surface area contributed by atoms with Crippen LogP contribution >= 0.6 is 0 Å². The SMILES string of the molecule is Cc1nn(CCC(=O)Nc2ccc(NC3CCOCC3)cc2)c(C)c1[N+](=O)[O-]. The van der Waals surface area contributed by atoms with Crippen molar-refractivity contribution in [2.75, 3.05) is 23.8 Å². The molecule has 0 saturated carbocycles. The van der Waals surface area contributed by atoms with Crippen LogP contribution < -0.4 is 10.6 Å². The number of aromatic nitrogens is 2. The van der Waals surface area contributed by atoms with Crippen molar-refractivity contribution in [2.24, 2.45) is 0 Å². The normalized spacial score (nSPS) is 14.6. The minimum absolute atomic E-state index is 0.00743. The number of carbonyl (C=O) groups is 1. The van der Waals surface area contributed by atoms with Crippen molar-refractivity contribution in [2.45, 2.75) is 45.7 Å². The molecule has 1 fully saturated rings. The Labute approximate surface area is 163 Å². The van der Waals surface area contributed by atoms with Crippen molar-refractivity contribution < 1.29 is 14.5 Å². The van der Waals surface area contributed by atoms with Gasteiger partial charge in [0.05, 0.1) is 11.5 Å². The molecular weight excluding hydrogens is 362 g/mol. The van der Waals surface area contributed by atoms with Crippen molar-refractivity contribution in [3.63, 3.8) is 0 Å². The van der Waals surface area contributed by atoms with Gasteiger partial charge < -0.3 is 15.4 Å². The molecule has 9 heteroatoms. The maximum absolute atomic E-state index is 12.2. The molecule has 1 aromatic heterocycles. The van der Waals surface area contributed by atoms with E-state index in [2.05, 4.69) is 15.7 Å². The molecule has 0 aliphatic carbocycles. The molecular formula is C19H25N5O4. The number of amides is 1. The van der Waals surface area contributed by atoms with Crippen LogP contribution in [-0.4, -0.2) is 39.9 Å². The van der Waals surface area contributed by atoms with E-state index in [0.717, 1.165) is 31.7 Å². The fourth-order valence-corrected chi connectivity index (χ4v) is 3.33. The van der Waals surface area contributed by atoms with E-state index in [9.17, 15) is 14.9 Å². The van der Waals surface area contributed by atoms with Gasteiger partial charge in [0.25, 0.3) is 0 Å². The maximum Gasteiger partial charge on any atom is 0.312 e. The second-order valence-corrected chi connectivity index (χ2v) is 6.91. The van der Waals surface area contributed by atoms with Crippen LogP contribution in [-0.2, 0) is 16.1 Å². The van der Waals surface area contributed by atoms with Crippen LogP contribution in [0.15, 0.2) is 24.3 Å². The first-order valence-corrected chi connectivity index (χ1v) is 9.36. The largest absolute Gasteiger partial charge is 0.382 e. The summed E-state index contributed by atoms with van der Waals surface area (Å²) in [5.41, 5.74) is 2.55. The van der Waals surface area contributed by atoms with Crippen LogP contribution in [0.2, 0.25) is 0 Å². The van der Waals surface area contributed by atoms with Gasteiger partial charge in [0, 0.05) is 37.1 Å². The standard InChI is InChI=1S/C19H25N5O4/c1-13-19(24(26)27)14(2)23(22-13)10-7-18(25)21-16-5-3-15(4-6-16)20-17-8-11-28-12-9-17/h3-6,17,20H,7-12H2,1-2H3,(H,21,25). The number of ether oxygens (including phenoxy) is 1. The summed E-state index contributed by atoms with van der Waals surface area (Å²) >= 11 is 0. The first-order chi connectivity index (χ1) is 13.4. The second kappa shape index (κ2) is 8.83. The van der Waals surface area contributed by atoms with Crippen LogP contribution in [0.3, 0.4) is 0 Å². The number of carbonyl (C=O) groups excluding carboxylic acids is 1. The van der Waals surface area contributed by atoms with Crippen LogP contribution in [0.1, 0.15) is 30.7 Å². The van der Waals surface area contributed by atoms with Gasteiger partial charge in [-0.05, 0) is 51.0 Å². The average Bonchev–Trinajstić information content (AvgIpc) is 2.96. The van der Waals surface area contributed by atoms with Gasteiger partial charge in [-0.3, -0.25) is 19.6 Å². The topological polar surface area (TPSA) is 111 Å². The van der Waals surface area contributed by atoms with E-state index in [4.69, 9.17) is 4.74 Å². The summed E-state index contributed by atoms with van der Waals surface area (Å²) in [6.45, 7) is 5.09. The third-order valence-corrected chi connectivity index (χ3v) is 4.84. The molecule has 0 unspecified atom stereocenters. The summed E-state index contributed by atoms with van der Waals surface area (Å²) in [7, 11) is 0. The molecule has 1 aliphatic rings. The Morgan fingerprint density at radius 2 is 1.89 bits per heavy atom. The van der Waals surface area contributed by atoms with Gasteiger partial charge in [0.1, 0.15) is 11.4 Å². The lowest BCUT2D eigenvalue weighted by molar-refractivity contribution is -0.386. The van der Waals surface area contributed by atoms with Crippen molar-refractivity contribution in [3.05, 3.63) is 45.8 Å². The number of nitrogens with one attached hydrogen (secondary N) is 2. The summed E-state index contributed by atoms with van der Waals surface area (Å²) in [5, 5.41) is 21.5. The molecule has 0 atom stereocenters. The summed E-state index contributed by atoms with van der Waals surface area (Å²) in [6.07, 6.45) is 2.16. The van der Waals surface area contributed by atoms with Gasteiger partial charge in [-0.2, -0.15) is 5.10 Å². The van der Waals surface area contributed by atoms with E-state index in [-0.39, 0.29) is 24.6 Å². The van der Waals surface area contributed by atoms with Crippen molar-refractivity contribution in [1.29, 1.82) is 0 Å². The Balaban J connectivity index is 1.51. The summed E-state index contributed by atoms with van der Waals surface area (Å²) in [5.74, 6) is -0.166. The number of rotatable bonds is 7. The molecule has 0 bridgehead atoms. The zero-order chi connectivity index (χ0) is 20.1. The van der Waals surface area contributed by atoms with Gasteiger partial charge in [-0.25, -0.2) is 0 Å². The van der Waals surface area contributed by atoms with E-state index < -0.39 is 4.92 Å². The molecule has 2 heterocycles. The number of nitrogens with zero attached hydrogens (tertiary/aromatic N) is 3. The van der Waals surface area contributed by atoms with Crippen molar-refractivity contribution >= 4 is 23.0 Å². The summed E-state index contributed by atoms with van der Waals surface area (Å²) in [4.78, 5) is 22.8. The lowest BCUT2D eigenvalue weighted by Crippen LogP contribution is -2.27. The van der Waals surface area contributed by atoms with Gasteiger partial charge >= 0.3 is 5.69 Å². The van der Waals surface area contributed by atoms with Crippen LogP contribution in [0.4, 0.5) is 17.1 Å². The molecule has 1 aromatic carbocycles. The number of aryl methyl sites for hydroxylation is 2. The van der Waals surface area contributed by atoms with E-state index in [1.807, 2.05) is 24.3 Å². The molecule has 2 N–H and O–H groups in total. The number of anilines is 2. The number of nitro groups is 1. The molecule has 2 aromatic rings. The third kappa shape index (κ3) is 4.86. The molecule has 9 nitrogen and oxygen atoms in total. The summed E-state index contributed by atoms with van der Waals surface area (Å²) in [6, 6.07) is 8.01. The molecule has 1 aliphatic heterocycles. The van der Waals surface area contributed by atoms with Gasteiger partial charge in [0.2, 0.25) is 5.91 Å². The van der Waals surface area contributed by atoms with Gasteiger partial charge in [-0.1, -0.05) is 0 Å². The van der Waals surface area contributed by atoms with E-state index in [1.165, 1.54) is 4.68 Å². The lowest BCUT2D eigenvalue weighted by atomic mass is 10.1. The minimum Gasteiger partial charge on any atom is -0.382 e.